The van der Waals surface area contributed by atoms with E-state index in [1.165, 1.54) is 0 Å². The van der Waals surface area contributed by atoms with Crippen LogP contribution >= 0.6 is 0 Å². The van der Waals surface area contributed by atoms with Gasteiger partial charge in [-0.2, -0.15) is 0 Å². The van der Waals surface area contributed by atoms with Crippen LogP contribution in [0.15, 0.2) is 24.5 Å². The molecule has 19 heavy (non-hydrogen) atoms. The van der Waals surface area contributed by atoms with Gasteiger partial charge in [-0.05, 0) is 49.4 Å². The van der Waals surface area contributed by atoms with Crippen molar-refractivity contribution in [3.05, 3.63) is 30.1 Å². The van der Waals surface area contributed by atoms with E-state index in [1.807, 2.05) is 19.1 Å². The number of rotatable bonds is 7. The molecule has 0 aliphatic heterocycles. The molecule has 1 heterocycles. The summed E-state index contributed by atoms with van der Waals surface area (Å²) in [4.78, 5) is 15.9. The number of pyridine rings is 1. The minimum absolute atomic E-state index is 0.0214. The van der Waals surface area contributed by atoms with E-state index in [2.05, 4.69) is 24.1 Å². The first-order chi connectivity index (χ1) is 8.94. The Morgan fingerprint density at radius 3 is 2.58 bits per heavy atom. The Kier molecular flexibility index (Phi) is 5.96. The summed E-state index contributed by atoms with van der Waals surface area (Å²) in [5, 5.41) is 3.01. The number of amides is 1. The highest BCUT2D eigenvalue weighted by atomic mass is 16.1. The number of carbonyl (C=O) groups excluding carboxylic acids is 1. The van der Waals surface area contributed by atoms with Crippen molar-refractivity contribution >= 4 is 5.91 Å². The lowest BCUT2D eigenvalue weighted by Gasteiger charge is -2.24. The largest absolute Gasteiger partial charge is 0.350 e. The van der Waals surface area contributed by atoms with Crippen LogP contribution in [0.1, 0.15) is 51.6 Å². The molecule has 0 unspecified atom stereocenters. The van der Waals surface area contributed by atoms with Crippen LogP contribution in [0.3, 0.4) is 0 Å². The van der Waals surface area contributed by atoms with Crippen molar-refractivity contribution in [3.8, 4) is 0 Å². The molecule has 1 aromatic heterocycles. The molecule has 0 radical (unpaired) electrons. The predicted octanol–water partition coefficient (Wildman–Crippen LogP) is 2.41. The van der Waals surface area contributed by atoms with Crippen LogP contribution in [-0.2, 0) is 4.79 Å². The van der Waals surface area contributed by atoms with Crippen LogP contribution in [-0.4, -0.2) is 17.4 Å². The van der Waals surface area contributed by atoms with Gasteiger partial charge >= 0.3 is 0 Å². The van der Waals surface area contributed by atoms with Gasteiger partial charge in [0, 0.05) is 18.8 Å². The van der Waals surface area contributed by atoms with Gasteiger partial charge in [0.05, 0.1) is 6.04 Å². The normalized spacial score (nSPS) is 13.1. The number of nitrogens with zero attached hydrogens (tertiary/aromatic N) is 1. The van der Waals surface area contributed by atoms with Crippen molar-refractivity contribution in [2.75, 3.05) is 6.54 Å². The van der Waals surface area contributed by atoms with Crippen molar-refractivity contribution in [1.29, 1.82) is 0 Å². The van der Waals surface area contributed by atoms with E-state index in [1.54, 1.807) is 12.4 Å². The van der Waals surface area contributed by atoms with Crippen molar-refractivity contribution in [2.24, 2.45) is 11.1 Å². The van der Waals surface area contributed by atoms with Gasteiger partial charge in [0.1, 0.15) is 0 Å². The van der Waals surface area contributed by atoms with E-state index < -0.39 is 0 Å². The monoisotopic (exact) mass is 263 g/mol. The first-order valence-electron chi connectivity index (χ1n) is 6.84. The zero-order chi connectivity index (χ0) is 14.3. The lowest BCUT2D eigenvalue weighted by atomic mass is 9.84. The fourth-order valence-electron chi connectivity index (χ4n) is 2.02. The summed E-state index contributed by atoms with van der Waals surface area (Å²) >= 11 is 0. The van der Waals surface area contributed by atoms with Gasteiger partial charge < -0.3 is 11.1 Å². The second kappa shape index (κ2) is 7.24. The van der Waals surface area contributed by atoms with Crippen molar-refractivity contribution in [3.63, 3.8) is 0 Å². The summed E-state index contributed by atoms with van der Waals surface area (Å²) in [6.45, 7) is 6.96. The molecule has 4 heteroatoms. The molecular weight excluding hydrogens is 238 g/mol. The standard InChI is InChI=1S/C15H25N3O/c1-12(13-5-10-17-11-6-13)18-14(19)4-7-15(2,3)8-9-16/h5-6,10-12H,4,7-9,16H2,1-3H3,(H,18,19)/t12-/m0/s1. The fourth-order valence-corrected chi connectivity index (χ4v) is 2.02. The molecule has 0 fully saturated rings. The first kappa shape index (κ1) is 15.6. The molecular formula is C15H25N3O. The van der Waals surface area contributed by atoms with E-state index in [-0.39, 0.29) is 17.4 Å². The molecule has 1 aromatic rings. The minimum Gasteiger partial charge on any atom is -0.350 e. The lowest BCUT2D eigenvalue weighted by molar-refractivity contribution is -0.122. The first-order valence-corrected chi connectivity index (χ1v) is 6.84. The zero-order valence-electron chi connectivity index (χ0n) is 12.1. The van der Waals surface area contributed by atoms with Crippen LogP contribution < -0.4 is 11.1 Å². The maximum Gasteiger partial charge on any atom is 0.220 e. The average molecular weight is 263 g/mol. The minimum atomic E-state index is 0.0214. The van der Waals surface area contributed by atoms with Crippen LogP contribution in [0.4, 0.5) is 0 Å². The summed E-state index contributed by atoms with van der Waals surface area (Å²) in [7, 11) is 0. The second-order valence-electron chi connectivity index (χ2n) is 5.77. The fraction of sp³-hybridized carbons (Fsp3) is 0.600. The molecule has 106 valence electrons. The van der Waals surface area contributed by atoms with Gasteiger partial charge in [-0.1, -0.05) is 13.8 Å². The highest BCUT2D eigenvalue weighted by Crippen LogP contribution is 2.25. The Morgan fingerprint density at radius 1 is 1.37 bits per heavy atom. The van der Waals surface area contributed by atoms with Gasteiger partial charge in [0.25, 0.3) is 0 Å². The van der Waals surface area contributed by atoms with E-state index in [0.717, 1.165) is 18.4 Å². The zero-order valence-corrected chi connectivity index (χ0v) is 12.1. The molecule has 1 amide bonds. The maximum absolute atomic E-state index is 11.9. The van der Waals surface area contributed by atoms with Crippen LogP contribution in [0.2, 0.25) is 0 Å². The lowest BCUT2D eigenvalue weighted by Crippen LogP contribution is -2.28. The Morgan fingerprint density at radius 2 is 2.00 bits per heavy atom. The van der Waals surface area contributed by atoms with Crippen molar-refractivity contribution in [2.45, 2.75) is 46.1 Å². The molecule has 0 aromatic carbocycles. The third-order valence-corrected chi connectivity index (χ3v) is 3.43. The highest BCUT2D eigenvalue weighted by Gasteiger charge is 2.19. The highest BCUT2D eigenvalue weighted by molar-refractivity contribution is 5.76. The molecule has 4 nitrogen and oxygen atoms in total. The van der Waals surface area contributed by atoms with Crippen LogP contribution in [0.25, 0.3) is 0 Å². The molecule has 0 aliphatic carbocycles. The number of hydrogen-bond donors (Lipinski definition) is 2. The second-order valence-corrected chi connectivity index (χ2v) is 5.77. The summed E-state index contributed by atoms with van der Waals surface area (Å²) in [6, 6.07) is 3.86. The molecule has 0 bridgehead atoms. The van der Waals surface area contributed by atoms with Crippen molar-refractivity contribution in [1.82, 2.24) is 10.3 Å². The quantitative estimate of drug-likeness (QED) is 0.794. The van der Waals surface area contributed by atoms with E-state index in [4.69, 9.17) is 5.73 Å². The smallest absolute Gasteiger partial charge is 0.220 e. The van der Waals surface area contributed by atoms with Gasteiger partial charge in [-0.25, -0.2) is 0 Å². The Balaban J connectivity index is 2.39. The molecule has 0 saturated heterocycles. The summed E-state index contributed by atoms with van der Waals surface area (Å²) < 4.78 is 0. The van der Waals surface area contributed by atoms with E-state index >= 15 is 0 Å². The van der Waals surface area contributed by atoms with Crippen molar-refractivity contribution < 1.29 is 4.79 Å². The molecule has 3 N–H and O–H groups in total. The SMILES string of the molecule is C[C@H](NC(=O)CCC(C)(C)CCN)c1ccncc1. The Bertz CT molecular complexity index is 390. The number of carbonyl (C=O) groups is 1. The van der Waals surface area contributed by atoms with Gasteiger partial charge in [-0.3, -0.25) is 9.78 Å². The summed E-state index contributed by atoms with van der Waals surface area (Å²) in [5.74, 6) is 0.0920. The van der Waals surface area contributed by atoms with Gasteiger partial charge in [-0.15, -0.1) is 0 Å². The summed E-state index contributed by atoms with van der Waals surface area (Å²) in [5.41, 5.74) is 6.78. The topological polar surface area (TPSA) is 68.0 Å². The number of aromatic nitrogens is 1. The predicted molar refractivity (Wildman–Crippen MR) is 77.5 cm³/mol. The molecule has 0 spiro atoms. The molecule has 1 atom stereocenters. The third-order valence-electron chi connectivity index (χ3n) is 3.43. The maximum atomic E-state index is 11.9. The Hall–Kier alpha value is -1.42. The number of nitrogens with two attached hydrogens (primary N) is 1. The van der Waals surface area contributed by atoms with Gasteiger partial charge in [0.15, 0.2) is 0 Å². The molecule has 0 saturated carbocycles. The van der Waals surface area contributed by atoms with E-state index in [9.17, 15) is 4.79 Å². The van der Waals surface area contributed by atoms with Crippen LogP contribution in [0, 0.1) is 5.41 Å². The molecule has 0 aliphatic rings. The third kappa shape index (κ3) is 5.83. The van der Waals surface area contributed by atoms with Crippen LogP contribution in [0.5, 0.6) is 0 Å². The molecule has 1 rings (SSSR count). The Labute approximate surface area is 115 Å². The number of nitrogens with one attached hydrogen (secondary N) is 1. The van der Waals surface area contributed by atoms with Gasteiger partial charge in [0.2, 0.25) is 5.91 Å². The number of hydrogen-bond acceptors (Lipinski definition) is 3. The summed E-state index contributed by atoms with van der Waals surface area (Å²) in [6.07, 6.45) is 5.83. The van der Waals surface area contributed by atoms with E-state index in [0.29, 0.717) is 13.0 Å². The average Bonchev–Trinajstić information content (AvgIpc) is 2.37.